The molecule has 2 rings (SSSR count). The van der Waals surface area contributed by atoms with E-state index in [0.717, 1.165) is 5.56 Å². The Balaban J connectivity index is 2.32. The summed E-state index contributed by atoms with van der Waals surface area (Å²) in [6, 6.07) is 13.1. The van der Waals surface area contributed by atoms with E-state index in [4.69, 9.17) is 11.5 Å². The van der Waals surface area contributed by atoms with Crippen LogP contribution in [0.2, 0.25) is 0 Å². The van der Waals surface area contributed by atoms with E-state index >= 15 is 0 Å². The van der Waals surface area contributed by atoms with Crippen molar-refractivity contribution in [2.45, 2.75) is 63.7 Å². The number of hydrogen-bond acceptors (Lipinski definition) is 6. The van der Waals surface area contributed by atoms with Crippen molar-refractivity contribution in [3.63, 3.8) is 0 Å². The second kappa shape index (κ2) is 15.2. The second-order valence-electron chi connectivity index (χ2n) is 9.48. The number of hydrogen-bond donors (Lipinski definition) is 6. The Bertz CT molecular complexity index is 1130. The Hall–Kier alpha value is -4.25. The molecule has 0 spiro atoms. The molecular formula is C28H37N5O6. The molecule has 210 valence electrons. The number of carboxylic acid groups (broad SMARTS) is 1. The van der Waals surface area contributed by atoms with E-state index in [1.807, 2.05) is 19.9 Å². The van der Waals surface area contributed by atoms with Gasteiger partial charge >= 0.3 is 5.97 Å². The molecule has 4 amide bonds. The average Bonchev–Trinajstić information content (AvgIpc) is 2.91. The molecule has 39 heavy (non-hydrogen) atoms. The molecule has 0 aromatic heterocycles. The molecule has 8 N–H and O–H groups in total. The molecule has 11 heteroatoms. The summed E-state index contributed by atoms with van der Waals surface area (Å²) in [4.78, 5) is 62.5. The summed E-state index contributed by atoms with van der Waals surface area (Å²) >= 11 is 0. The van der Waals surface area contributed by atoms with E-state index in [9.17, 15) is 29.1 Å². The predicted octanol–water partition coefficient (Wildman–Crippen LogP) is 0.260. The normalized spacial score (nSPS) is 14.6. The van der Waals surface area contributed by atoms with E-state index in [2.05, 4.69) is 16.0 Å². The fourth-order valence-electron chi connectivity index (χ4n) is 3.84. The first-order valence-corrected chi connectivity index (χ1v) is 12.8. The van der Waals surface area contributed by atoms with Crippen LogP contribution in [0.4, 0.5) is 0 Å². The van der Waals surface area contributed by atoms with Crippen molar-refractivity contribution in [3.05, 3.63) is 71.8 Å². The van der Waals surface area contributed by atoms with Crippen molar-refractivity contribution in [1.29, 1.82) is 0 Å². The van der Waals surface area contributed by atoms with E-state index in [0.29, 0.717) is 12.0 Å². The van der Waals surface area contributed by atoms with Gasteiger partial charge in [-0.15, -0.1) is 0 Å². The van der Waals surface area contributed by atoms with Crippen LogP contribution in [0.15, 0.2) is 60.7 Å². The summed E-state index contributed by atoms with van der Waals surface area (Å²) in [6.07, 6.45) is 0.206. The number of aliphatic carboxylic acids is 1. The minimum atomic E-state index is -1.57. The number of amides is 4. The van der Waals surface area contributed by atoms with E-state index in [1.54, 1.807) is 54.6 Å². The molecule has 0 saturated heterocycles. The smallest absolute Gasteiger partial charge is 0.326 e. The first-order valence-electron chi connectivity index (χ1n) is 12.8. The maximum absolute atomic E-state index is 13.5. The Morgan fingerprint density at radius 1 is 0.744 bits per heavy atom. The molecule has 0 fully saturated rings. The fraction of sp³-hybridized carbons (Fsp3) is 0.393. The summed E-state index contributed by atoms with van der Waals surface area (Å²) in [7, 11) is 0. The van der Waals surface area contributed by atoms with Gasteiger partial charge in [0.15, 0.2) is 0 Å². The Kier molecular flexibility index (Phi) is 12.1. The van der Waals surface area contributed by atoms with Crippen molar-refractivity contribution >= 4 is 29.6 Å². The number of benzene rings is 2. The first-order chi connectivity index (χ1) is 18.5. The lowest BCUT2D eigenvalue weighted by molar-refractivity contribution is -0.143. The van der Waals surface area contributed by atoms with Gasteiger partial charge in [0.05, 0.1) is 12.5 Å². The third-order valence-electron chi connectivity index (χ3n) is 6.41. The molecule has 0 aliphatic heterocycles. The van der Waals surface area contributed by atoms with Crippen LogP contribution >= 0.6 is 0 Å². The molecule has 0 radical (unpaired) electrons. The highest BCUT2D eigenvalue weighted by Crippen LogP contribution is 2.10. The van der Waals surface area contributed by atoms with E-state index in [-0.39, 0.29) is 18.8 Å². The summed E-state index contributed by atoms with van der Waals surface area (Å²) in [5.74, 6) is -4.45. The van der Waals surface area contributed by atoms with Crippen LogP contribution in [-0.2, 0) is 36.8 Å². The van der Waals surface area contributed by atoms with E-state index in [1.165, 1.54) is 0 Å². The lowest BCUT2D eigenvalue weighted by atomic mass is 9.98. The van der Waals surface area contributed by atoms with Crippen molar-refractivity contribution in [1.82, 2.24) is 16.0 Å². The molecular weight excluding hydrogens is 502 g/mol. The quantitative estimate of drug-likeness (QED) is 0.187. The van der Waals surface area contributed by atoms with Gasteiger partial charge in [-0.05, 0) is 17.0 Å². The molecule has 2 aromatic carbocycles. The topological polar surface area (TPSA) is 194 Å². The van der Waals surface area contributed by atoms with Crippen LogP contribution < -0.4 is 27.4 Å². The van der Waals surface area contributed by atoms with Crippen LogP contribution in [-0.4, -0.2) is 58.9 Å². The molecule has 0 aliphatic carbocycles. The number of carboxylic acids is 1. The highest BCUT2D eigenvalue weighted by Gasteiger charge is 2.31. The monoisotopic (exact) mass is 539 g/mol. The number of nitrogens with one attached hydrogen (secondary N) is 3. The van der Waals surface area contributed by atoms with Crippen LogP contribution in [0.1, 0.15) is 37.8 Å². The molecule has 5 atom stereocenters. The zero-order valence-electron chi connectivity index (χ0n) is 22.1. The Morgan fingerprint density at radius 3 is 1.54 bits per heavy atom. The fourth-order valence-corrected chi connectivity index (χ4v) is 3.84. The standard InChI is InChI=1S/C28H37N5O6/c1-3-17(2)24(30)27(37)32-21(15-19-12-8-5-9-13-19)25(35)31-20(14-18-10-6-4-7-11-18)26(36)33-22(28(38)39)16-23(29)34/h4-13,17,20-22,24H,3,14-16,30H2,1-2H3,(H2,29,34)(H,31,35)(H,32,37)(H,33,36)(H,38,39). The van der Waals surface area contributed by atoms with Crippen LogP contribution in [0.5, 0.6) is 0 Å². The highest BCUT2D eigenvalue weighted by molar-refractivity contribution is 5.95. The van der Waals surface area contributed by atoms with Crippen LogP contribution in [0, 0.1) is 5.92 Å². The maximum Gasteiger partial charge on any atom is 0.326 e. The summed E-state index contributed by atoms with van der Waals surface area (Å²) in [5, 5.41) is 17.1. The zero-order valence-corrected chi connectivity index (χ0v) is 22.1. The van der Waals surface area contributed by atoms with Gasteiger partial charge < -0.3 is 32.5 Å². The predicted molar refractivity (Wildman–Crippen MR) is 145 cm³/mol. The SMILES string of the molecule is CCC(C)C(N)C(=O)NC(Cc1ccccc1)C(=O)NC(Cc1ccccc1)C(=O)NC(CC(N)=O)C(=O)O. The van der Waals surface area contributed by atoms with Gasteiger partial charge in [-0.25, -0.2) is 4.79 Å². The van der Waals surface area contributed by atoms with Gasteiger partial charge in [-0.3, -0.25) is 19.2 Å². The van der Waals surface area contributed by atoms with Gasteiger partial charge in [0, 0.05) is 12.8 Å². The third-order valence-corrected chi connectivity index (χ3v) is 6.41. The van der Waals surface area contributed by atoms with Crippen LogP contribution in [0.25, 0.3) is 0 Å². The molecule has 5 unspecified atom stereocenters. The third kappa shape index (κ3) is 10.2. The number of carbonyl (C=O) groups excluding carboxylic acids is 4. The lowest BCUT2D eigenvalue weighted by Gasteiger charge is -2.26. The molecule has 2 aromatic rings. The molecule has 0 heterocycles. The van der Waals surface area contributed by atoms with Gasteiger partial charge in [-0.2, -0.15) is 0 Å². The van der Waals surface area contributed by atoms with Crippen molar-refractivity contribution in [3.8, 4) is 0 Å². The molecule has 0 saturated carbocycles. The first kappa shape index (κ1) is 31.0. The van der Waals surface area contributed by atoms with Crippen molar-refractivity contribution in [2.24, 2.45) is 17.4 Å². The zero-order chi connectivity index (χ0) is 28.9. The van der Waals surface area contributed by atoms with E-state index < -0.39 is 60.2 Å². The van der Waals surface area contributed by atoms with Crippen molar-refractivity contribution in [2.75, 3.05) is 0 Å². The number of nitrogens with two attached hydrogens (primary N) is 2. The lowest BCUT2D eigenvalue weighted by Crippen LogP contribution is -2.58. The maximum atomic E-state index is 13.5. The van der Waals surface area contributed by atoms with Gasteiger partial charge in [-0.1, -0.05) is 80.9 Å². The summed E-state index contributed by atoms with van der Waals surface area (Å²) in [5.41, 5.74) is 12.7. The largest absolute Gasteiger partial charge is 0.480 e. The highest BCUT2D eigenvalue weighted by atomic mass is 16.4. The average molecular weight is 540 g/mol. The van der Waals surface area contributed by atoms with Crippen molar-refractivity contribution < 1.29 is 29.1 Å². The van der Waals surface area contributed by atoms with Crippen LogP contribution in [0.3, 0.4) is 0 Å². The second-order valence-corrected chi connectivity index (χ2v) is 9.48. The van der Waals surface area contributed by atoms with Gasteiger partial charge in [0.1, 0.15) is 18.1 Å². The number of carbonyl (C=O) groups is 5. The Morgan fingerprint density at radius 2 is 1.15 bits per heavy atom. The minimum absolute atomic E-state index is 0.0275. The number of rotatable bonds is 15. The summed E-state index contributed by atoms with van der Waals surface area (Å²) < 4.78 is 0. The number of primary amides is 1. The molecule has 0 bridgehead atoms. The van der Waals surface area contributed by atoms with Gasteiger partial charge in [0.2, 0.25) is 23.6 Å². The summed E-state index contributed by atoms with van der Waals surface area (Å²) in [6.45, 7) is 3.74. The molecule has 11 nitrogen and oxygen atoms in total. The Labute approximate surface area is 227 Å². The van der Waals surface area contributed by atoms with Gasteiger partial charge in [0.25, 0.3) is 0 Å². The molecule has 0 aliphatic rings. The minimum Gasteiger partial charge on any atom is -0.480 e.